The van der Waals surface area contributed by atoms with Gasteiger partial charge in [0.15, 0.2) is 0 Å². The van der Waals surface area contributed by atoms with Crippen LogP contribution in [0.15, 0.2) is 29.6 Å². The maximum absolute atomic E-state index is 4.83. The Morgan fingerprint density at radius 1 is 1.05 bits per heavy atom. The van der Waals surface area contributed by atoms with Gasteiger partial charge < -0.3 is 0 Å². The molecule has 0 spiro atoms. The molecule has 1 fully saturated rings. The fraction of sp³-hybridized carbons (Fsp3) is 0.556. The molecule has 118 valence electrons. The Hall–Kier alpha value is -1.29. The van der Waals surface area contributed by atoms with E-state index in [-0.39, 0.29) is 0 Å². The summed E-state index contributed by atoms with van der Waals surface area (Å²) < 4.78 is 2.10. The van der Waals surface area contributed by atoms with Crippen molar-refractivity contribution >= 4 is 18.6 Å². The van der Waals surface area contributed by atoms with Gasteiger partial charge >= 0.3 is 0 Å². The van der Waals surface area contributed by atoms with E-state index in [1.165, 1.54) is 41.7 Å². The average Bonchev–Trinajstić information content (AvgIpc) is 2.82. The van der Waals surface area contributed by atoms with Gasteiger partial charge in [-0.25, -0.2) is 9.97 Å². The highest BCUT2D eigenvalue weighted by molar-refractivity contribution is 7.81. The van der Waals surface area contributed by atoms with E-state index in [1.807, 2.05) is 0 Å². The maximum Gasteiger partial charge on any atom is 0.145 e. The van der Waals surface area contributed by atoms with Gasteiger partial charge in [0.05, 0.1) is 0 Å². The Bertz CT molecular complexity index is 586. The molecule has 4 heteroatoms. The first-order valence-electron chi connectivity index (χ1n) is 8.36. The Morgan fingerprint density at radius 2 is 1.73 bits per heavy atom. The van der Waals surface area contributed by atoms with Crippen molar-refractivity contribution in [2.45, 2.75) is 64.8 Å². The number of allylic oxidation sites excluding steroid dienone is 2. The van der Waals surface area contributed by atoms with Crippen molar-refractivity contribution in [1.82, 2.24) is 9.97 Å². The molecule has 0 aliphatic heterocycles. The molecule has 22 heavy (non-hydrogen) atoms. The number of thiol groups is 1. The molecule has 2 aliphatic carbocycles. The minimum absolute atomic E-state index is 0.392. The molecule has 0 unspecified atom stereocenters. The van der Waals surface area contributed by atoms with E-state index in [0.717, 1.165) is 31.5 Å². The normalized spacial score (nSPS) is 22.9. The summed E-state index contributed by atoms with van der Waals surface area (Å²) in [5.74, 6) is 1.04. The monoisotopic (exact) mass is 315 g/mol. The summed E-state index contributed by atoms with van der Waals surface area (Å²) >= 11 is 4.83. The van der Waals surface area contributed by atoms with Gasteiger partial charge in [0.25, 0.3) is 0 Å². The number of hydrogen-bond donors (Lipinski definition) is 1. The van der Waals surface area contributed by atoms with Crippen LogP contribution in [0.5, 0.6) is 0 Å². The fourth-order valence-electron chi connectivity index (χ4n) is 3.67. The second kappa shape index (κ2) is 6.86. The first-order chi connectivity index (χ1) is 10.7. The lowest BCUT2D eigenvalue weighted by Crippen LogP contribution is -2.26. The second-order valence-corrected chi connectivity index (χ2v) is 6.65. The molecule has 0 atom stereocenters. The molecular weight excluding hydrogens is 290 g/mol. The van der Waals surface area contributed by atoms with Crippen LogP contribution in [0.1, 0.15) is 57.2 Å². The molecule has 0 aromatic carbocycles. The molecule has 2 aliphatic rings. The van der Waals surface area contributed by atoms with Gasteiger partial charge in [-0.1, -0.05) is 31.4 Å². The minimum atomic E-state index is 0.392. The Labute approximate surface area is 139 Å². The number of aromatic nitrogens is 2. The van der Waals surface area contributed by atoms with E-state index in [2.05, 4.69) is 40.3 Å². The van der Waals surface area contributed by atoms with E-state index in [4.69, 9.17) is 12.8 Å². The summed E-state index contributed by atoms with van der Waals surface area (Å²) in [6.07, 6.45) is 14.2. The minimum Gasteiger partial charge on any atom is -0.299 e. The van der Waals surface area contributed by atoms with Gasteiger partial charge in [-0.05, 0) is 63.5 Å². The lowest BCUT2D eigenvalue weighted by Gasteiger charge is -2.26. The summed E-state index contributed by atoms with van der Waals surface area (Å²) in [5.41, 5.74) is 5.46. The highest BCUT2D eigenvalue weighted by Crippen LogP contribution is 2.38. The average molecular weight is 315 g/mol. The zero-order valence-corrected chi connectivity index (χ0v) is 14.4. The van der Waals surface area contributed by atoms with Gasteiger partial charge in [-0.3, -0.25) is 4.31 Å². The van der Waals surface area contributed by atoms with Crippen LogP contribution in [0, 0.1) is 0 Å². The van der Waals surface area contributed by atoms with Gasteiger partial charge in [0, 0.05) is 17.3 Å². The van der Waals surface area contributed by atoms with Crippen molar-refractivity contribution in [3.8, 4) is 0 Å². The van der Waals surface area contributed by atoms with Gasteiger partial charge in [-0.2, -0.15) is 0 Å². The zero-order valence-electron chi connectivity index (χ0n) is 13.5. The Morgan fingerprint density at radius 3 is 2.41 bits per heavy atom. The highest BCUT2D eigenvalue weighted by atomic mass is 32.1. The number of hydrogen-bond acceptors (Lipinski definition) is 4. The number of fused-ring (bicyclic) bond motifs is 1. The molecule has 1 aromatic rings. The zero-order chi connectivity index (χ0) is 15.5. The van der Waals surface area contributed by atoms with Crippen LogP contribution in [-0.2, 0) is 12.8 Å². The molecule has 0 saturated heterocycles. The molecule has 0 N–H and O–H groups in total. The third-order valence-corrected chi connectivity index (χ3v) is 5.45. The molecular formula is C18H25N3S. The lowest BCUT2D eigenvalue weighted by atomic mass is 10.1. The van der Waals surface area contributed by atoms with Crippen molar-refractivity contribution in [1.29, 1.82) is 0 Å². The Kier molecular flexibility index (Phi) is 4.87. The molecule has 0 amide bonds. The largest absolute Gasteiger partial charge is 0.299 e. The molecule has 1 saturated carbocycles. The number of rotatable bonds is 2. The fourth-order valence-corrected chi connectivity index (χ4v) is 4.01. The molecule has 0 radical (unpaired) electrons. The SMILES string of the molecule is C/C=C1/CC(N(S)c2ncnc3c2CCCCC3)C/C1=C/C. The van der Waals surface area contributed by atoms with Crippen LogP contribution in [-0.4, -0.2) is 16.0 Å². The topological polar surface area (TPSA) is 29.0 Å². The molecule has 0 bridgehead atoms. The number of anilines is 1. The predicted molar refractivity (Wildman–Crippen MR) is 95.3 cm³/mol. The van der Waals surface area contributed by atoms with Gasteiger partial charge in [0.1, 0.15) is 12.1 Å². The van der Waals surface area contributed by atoms with E-state index in [1.54, 1.807) is 6.33 Å². The summed E-state index contributed by atoms with van der Waals surface area (Å²) in [6, 6.07) is 0.392. The van der Waals surface area contributed by atoms with Crippen LogP contribution >= 0.6 is 12.8 Å². The molecule has 1 aromatic heterocycles. The van der Waals surface area contributed by atoms with Crippen LogP contribution in [0.2, 0.25) is 0 Å². The smallest absolute Gasteiger partial charge is 0.145 e. The van der Waals surface area contributed by atoms with E-state index in [9.17, 15) is 0 Å². The third kappa shape index (κ3) is 2.94. The quantitative estimate of drug-likeness (QED) is 0.645. The maximum atomic E-state index is 4.83. The van der Waals surface area contributed by atoms with E-state index < -0.39 is 0 Å². The van der Waals surface area contributed by atoms with Crippen LogP contribution in [0.4, 0.5) is 5.82 Å². The van der Waals surface area contributed by atoms with Crippen LogP contribution < -0.4 is 4.31 Å². The Balaban J connectivity index is 1.89. The van der Waals surface area contributed by atoms with Crippen LogP contribution in [0.25, 0.3) is 0 Å². The van der Waals surface area contributed by atoms with E-state index >= 15 is 0 Å². The standard InChI is InChI=1S/C18H25N3S/c1-3-13-10-15(11-14(13)4-2)21(22)18-16-8-6-5-7-9-17(16)19-12-20-18/h3-4,12,15,22H,5-11H2,1-2H3/b13-3-,14-4-. The second-order valence-electron chi connectivity index (χ2n) is 6.22. The van der Waals surface area contributed by atoms with E-state index in [0.29, 0.717) is 6.04 Å². The first kappa shape index (κ1) is 15.6. The van der Waals surface area contributed by atoms with Crippen molar-refractivity contribution < 1.29 is 0 Å². The van der Waals surface area contributed by atoms with Crippen molar-refractivity contribution in [3.05, 3.63) is 40.9 Å². The van der Waals surface area contributed by atoms with Crippen molar-refractivity contribution in [2.24, 2.45) is 0 Å². The molecule has 3 rings (SSSR count). The number of aryl methyl sites for hydroxylation is 1. The lowest BCUT2D eigenvalue weighted by molar-refractivity contribution is 0.706. The third-order valence-electron chi connectivity index (χ3n) is 4.94. The summed E-state index contributed by atoms with van der Waals surface area (Å²) in [6.45, 7) is 4.25. The summed E-state index contributed by atoms with van der Waals surface area (Å²) in [7, 11) is 0. The predicted octanol–water partition coefficient (Wildman–Crippen LogP) is 4.45. The van der Waals surface area contributed by atoms with Crippen molar-refractivity contribution in [3.63, 3.8) is 0 Å². The number of nitrogens with zero attached hydrogens (tertiary/aromatic N) is 3. The first-order valence-corrected chi connectivity index (χ1v) is 8.76. The molecule has 1 heterocycles. The summed E-state index contributed by atoms with van der Waals surface area (Å²) in [4.78, 5) is 9.10. The highest BCUT2D eigenvalue weighted by Gasteiger charge is 2.29. The van der Waals surface area contributed by atoms with Gasteiger partial charge in [-0.15, -0.1) is 0 Å². The summed E-state index contributed by atoms with van der Waals surface area (Å²) in [5, 5.41) is 0. The van der Waals surface area contributed by atoms with Gasteiger partial charge in [0.2, 0.25) is 0 Å². The van der Waals surface area contributed by atoms with Crippen molar-refractivity contribution in [2.75, 3.05) is 4.31 Å². The molecule has 3 nitrogen and oxygen atoms in total. The van der Waals surface area contributed by atoms with Crippen LogP contribution in [0.3, 0.4) is 0 Å².